The number of para-hydroxylation sites is 1. The fourth-order valence-corrected chi connectivity index (χ4v) is 3.35. The van der Waals surface area contributed by atoms with E-state index in [1.807, 2.05) is 24.3 Å². The summed E-state index contributed by atoms with van der Waals surface area (Å²) < 4.78 is 13.8. The molecular formula is C22H22FN5O. The molecule has 0 radical (unpaired) electrons. The summed E-state index contributed by atoms with van der Waals surface area (Å²) in [6, 6.07) is 15.6. The Hall–Kier alpha value is -3.48. The molecule has 3 aromatic rings. The lowest BCUT2D eigenvalue weighted by Gasteiger charge is -2.28. The van der Waals surface area contributed by atoms with Crippen LogP contribution in [0.3, 0.4) is 0 Å². The maximum Gasteiger partial charge on any atom is 0.274 e. The van der Waals surface area contributed by atoms with Crippen LogP contribution >= 0.6 is 0 Å². The van der Waals surface area contributed by atoms with Crippen LogP contribution in [0, 0.1) is 5.82 Å². The number of nitrogens with zero attached hydrogens (tertiary/aromatic N) is 3. The zero-order valence-electron chi connectivity index (χ0n) is 15.9. The average Bonchev–Trinajstić information content (AvgIpc) is 2.77. The van der Waals surface area contributed by atoms with Crippen molar-refractivity contribution >= 4 is 28.8 Å². The van der Waals surface area contributed by atoms with Crippen molar-refractivity contribution in [3.63, 3.8) is 0 Å². The Morgan fingerprint density at radius 2 is 1.72 bits per heavy atom. The number of anilines is 4. The normalized spacial score (nSPS) is 13.8. The molecule has 0 aliphatic carbocycles. The molecule has 0 spiro atoms. The number of carbonyl (C=O) groups excluding carboxylic acids is 1. The second-order valence-electron chi connectivity index (χ2n) is 6.94. The molecule has 1 amide bonds. The van der Waals surface area contributed by atoms with Crippen LogP contribution in [-0.4, -0.2) is 29.0 Å². The summed E-state index contributed by atoms with van der Waals surface area (Å²) in [5.41, 5.74) is 2.34. The molecule has 1 fully saturated rings. The minimum absolute atomic E-state index is 0.193. The van der Waals surface area contributed by atoms with Gasteiger partial charge in [-0.3, -0.25) is 4.79 Å². The molecule has 1 aliphatic rings. The van der Waals surface area contributed by atoms with E-state index in [-0.39, 0.29) is 17.3 Å². The SMILES string of the molecule is O=C(Nc1ccc(N2CCCCC2)cc1)c1cc(Nc2ccccc2F)ncn1. The Morgan fingerprint density at radius 3 is 2.48 bits per heavy atom. The predicted molar refractivity (Wildman–Crippen MR) is 112 cm³/mol. The van der Waals surface area contributed by atoms with E-state index in [1.165, 1.54) is 43.4 Å². The van der Waals surface area contributed by atoms with E-state index in [4.69, 9.17) is 0 Å². The smallest absolute Gasteiger partial charge is 0.274 e. The first-order valence-corrected chi connectivity index (χ1v) is 9.69. The van der Waals surface area contributed by atoms with Gasteiger partial charge in [-0.25, -0.2) is 14.4 Å². The van der Waals surface area contributed by atoms with Crippen LogP contribution in [0.15, 0.2) is 60.9 Å². The van der Waals surface area contributed by atoms with Crippen molar-refractivity contribution in [2.75, 3.05) is 28.6 Å². The maximum absolute atomic E-state index is 13.8. The van der Waals surface area contributed by atoms with Gasteiger partial charge in [-0.05, 0) is 55.7 Å². The summed E-state index contributed by atoms with van der Waals surface area (Å²) in [4.78, 5) is 23.0. The van der Waals surface area contributed by atoms with Gasteiger partial charge in [0.2, 0.25) is 0 Å². The van der Waals surface area contributed by atoms with E-state index < -0.39 is 5.82 Å². The summed E-state index contributed by atoms with van der Waals surface area (Å²) in [6.45, 7) is 2.15. The molecule has 1 aliphatic heterocycles. The third-order valence-corrected chi connectivity index (χ3v) is 4.88. The number of rotatable bonds is 5. The Labute approximate surface area is 168 Å². The topological polar surface area (TPSA) is 70.2 Å². The Kier molecular flexibility index (Phi) is 5.65. The number of hydrogen-bond donors (Lipinski definition) is 2. The van der Waals surface area contributed by atoms with Gasteiger partial charge in [0.25, 0.3) is 5.91 Å². The van der Waals surface area contributed by atoms with Crippen LogP contribution < -0.4 is 15.5 Å². The second-order valence-corrected chi connectivity index (χ2v) is 6.94. The first-order valence-electron chi connectivity index (χ1n) is 9.69. The summed E-state index contributed by atoms with van der Waals surface area (Å²) >= 11 is 0. The molecule has 29 heavy (non-hydrogen) atoms. The molecular weight excluding hydrogens is 369 g/mol. The van der Waals surface area contributed by atoms with Gasteiger partial charge in [0, 0.05) is 30.5 Å². The first-order chi connectivity index (χ1) is 14.2. The van der Waals surface area contributed by atoms with Gasteiger partial charge >= 0.3 is 0 Å². The highest BCUT2D eigenvalue weighted by Gasteiger charge is 2.13. The van der Waals surface area contributed by atoms with E-state index >= 15 is 0 Å². The monoisotopic (exact) mass is 391 g/mol. The van der Waals surface area contributed by atoms with Crippen LogP contribution in [-0.2, 0) is 0 Å². The number of hydrogen-bond acceptors (Lipinski definition) is 5. The molecule has 0 unspecified atom stereocenters. The Balaban J connectivity index is 1.42. The maximum atomic E-state index is 13.8. The van der Waals surface area contributed by atoms with Crippen molar-refractivity contribution in [3.8, 4) is 0 Å². The molecule has 1 aromatic heterocycles. The van der Waals surface area contributed by atoms with Crippen LogP contribution in [0.25, 0.3) is 0 Å². The van der Waals surface area contributed by atoms with Crippen LogP contribution in [0.1, 0.15) is 29.8 Å². The van der Waals surface area contributed by atoms with E-state index in [0.717, 1.165) is 13.1 Å². The number of benzene rings is 2. The first kappa shape index (κ1) is 18.9. The van der Waals surface area contributed by atoms with Crippen molar-refractivity contribution in [1.82, 2.24) is 9.97 Å². The quantitative estimate of drug-likeness (QED) is 0.665. The minimum Gasteiger partial charge on any atom is -0.372 e. The van der Waals surface area contributed by atoms with E-state index in [9.17, 15) is 9.18 Å². The van der Waals surface area contributed by atoms with Crippen LogP contribution in [0.5, 0.6) is 0 Å². The molecule has 6 nitrogen and oxygen atoms in total. The van der Waals surface area contributed by atoms with Gasteiger partial charge in [0.15, 0.2) is 0 Å². The standard InChI is InChI=1S/C22H22FN5O/c23-18-6-2-3-7-19(18)27-21-14-20(24-15-25-21)22(29)26-16-8-10-17(11-9-16)28-12-4-1-5-13-28/h2-3,6-11,14-15H,1,4-5,12-13H2,(H,26,29)(H,24,25,27). The summed E-state index contributed by atoms with van der Waals surface area (Å²) in [5, 5.41) is 5.70. The van der Waals surface area contributed by atoms with Gasteiger partial charge in [-0.1, -0.05) is 12.1 Å². The van der Waals surface area contributed by atoms with E-state index in [2.05, 4.69) is 25.5 Å². The minimum atomic E-state index is -0.397. The number of amides is 1. The second kappa shape index (κ2) is 8.68. The van der Waals surface area contributed by atoms with Crippen molar-refractivity contribution in [2.24, 2.45) is 0 Å². The number of nitrogens with one attached hydrogen (secondary N) is 2. The molecule has 0 saturated carbocycles. The molecule has 4 rings (SSSR count). The van der Waals surface area contributed by atoms with Gasteiger partial charge in [-0.15, -0.1) is 0 Å². The van der Waals surface area contributed by atoms with Crippen molar-refractivity contribution in [2.45, 2.75) is 19.3 Å². The highest BCUT2D eigenvalue weighted by atomic mass is 19.1. The zero-order valence-corrected chi connectivity index (χ0v) is 15.9. The largest absolute Gasteiger partial charge is 0.372 e. The fourth-order valence-electron chi connectivity index (χ4n) is 3.35. The van der Waals surface area contributed by atoms with E-state index in [0.29, 0.717) is 11.5 Å². The molecule has 0 bridgehead atoms. The van der Waals surface area contributed by atoms with Crippen LogP contribution in [0.2, 0.25) is 0 Å². The average molecular weight is 391 g/mol. The molecule has 7 heteroatoms. The molecule has 1 saturated heterocycles. The molecule has 148 valence electrons. The number of halogens is 1. The van der Waals surface area contributed by atoms with Gasteiger partial charge in [-0.2, -0.15) is 0 Å². The summed E-state index contributed by atoms with van der Waals surface area (Å²) in [6.07, 6.45) is 5.00. The van der Waals surface area contributed by atoms with E-state index in [1.54, 1.807) is 18.2 Å². The Morgan fingerprint density at radius 1 is 0.966 bits per heavy atom. The fraction of sp³-hybridized carbons (Fsp3) is 0.227. The third-order valence-electron chi connectivity index (χ3n) is 4.88. The summed E-state index contributed by atoms with van der Waals surface area (Å²) in [7, 11) is 0. The van der Waals surface area contributed by atoms with Crippen molar-refractivity contribution in [1.29, 1.82) is 0 Å². The van der Waals surface area contributed by atoms with Gasteiger partial charge in [0.1, 0.15) is 23.7 Å². The number of carbonyl (C=O) groups is 1. The molecule has 0 atom stereocenters. The summed E-state index contributed by atoms with van der Waals surface area (Å²) in [5.74, 6) is -0.406. The highest BCUT2D eigenvalue weighted by Crippen LogP contribution is 2.22. The predicted octanol–water partition coefficient (Wildman–Crippen LogP) is 4.60. The highest BCUT2D eigenvalue weighted by molar-refractivity contribution is 6.03. The van der Waals surface area contributed by atoms with Gasteiger partial charge in [0.05, 0.1) is 5.69 Å². The molecule has 2 aromatic carbocycles. The van der Waals surface area contributed by atoms with Gasteiger partial charge < -0.3 is 15.5 Å². The number of aromatic nitrogens is 2. The van der Waals surface area contributed by atoms with Crippen LogP contribution in [0.4, 0.5) is 27.3 Å². The number of piperidine rings is 1. The Bertz CT molecular complexity index is 987. The lowest BCUT2D eigenvalue weighted by molar-refractivity contribution is 0.102. The lowest BCUT2D eigenvalue weighted by Crippen LogP contribution is -2.29. The molecule has 2 N–H and O–H groups in total. The molecule has 2 heterocycles. The third kappa shape index (κ3) is 4.68. The van der Waals surface area contributed by atoms with Crippen molar-refractivity contribution in [3.05, 3.63) is 72.4 Å². The zero-order chi connectivity index (χ0) is 20.1. The lowest BCUT2D eigenvalue weighted by atomic mass is 10.1. The van der Waals surface area contributed by atoms with Crippen molar-refractivity contribution < 1.29 is 9.18 Å².